The maximum absolute atomic E-state index is 13.4. The summed E-state index contributed by atoms with van der Waals surface area (Å²) in [5.74, 6) is 0.0937. The molecule has 104 valence electrons. The molecule has 1 N–H and O–H groups in total. The van der Waals surface area contributed by atoms with E-state index >= 15 is 0 Å². The monoisotopic (exact) mass is 273 g/mol. The van der Waals surface area contributed by atoms with Crippen LogP contribution in [-0.2, 0) is 0 Å². The number of nitrogens with one attached hydrogen (secondary N) is 1. The normalized spacial score (nSPS) is 10.2. The number of hydrogen-bond acceptors (Lipinski definition) is 2. The largest absolute Gasteiger partial charge is 0.494 e. The number of amides is 1. The third kappa shape index (κ3) is 3.35. The van der Waals surface area contributed by atoms with E-state index in [0.29, 0.717) is 29.2 Å². The third-order valence-electron chi connectivity index (χ3n) is 2.86. The molecule has 3 nitrogen and oxygen atoms in total. The lowest BCUT2D eigenvalue weighted by molar-refractivity contribution is 0.102. The highest BCUT2D eigenvalue weighted by atomic mass is 19.1. The van der Waals surface area contributed by atoms with Gasteiger partial charge < -0.3 is 10.1 Å². The number of anilines is 1. The van der Waals surface area contributed by atoms with Crippen LogP contribution in [0.15, 0.2) is 42.5 Å². The molecular formula is C16H16FNO2. The summed E-state index contributed by atoms with van der Waals surface area (Å²) in [7, 11) is 0. The SMILES string of the molecule is CCOc1ccc(C(=O)Nc2ccc(C)c(F)c2)cc1. The average molecular weight is 273 g/mol. The Morgan fingerprint density at radius 2 is 1.90 bits per heavy atom. The highest BCUT2D eigenvalue weighted by Gasteiger charge is 2.07. The van der Waals surface area contributed by atoms with Crippen LogP contribution in [0, 0.1) is 12.7 Å². The molecule has 4 heteroatoms. The van der Waals surface area contributed by atoms with Gasteiger partial charge in [-0.25, -0.2) is 4.39 Å². The van der Waals surface area contributed by atoms with Gasteiger partial charge in [0, 0.05) is 11.3 Å². The first-order valence-electron chi connectivity index (χ1n) is 6.40. The molecule has 0 unspecified atom stereocenters. The van der Waals surface area contributed by atoms with Gasteiger partial charge in [-0.15, -0.1) is 0 Å². The Kier molecular flexibility index (Phi) is 4.35. The molecule has 0 aromatic heterocycles. The van der Waals surface area contributed by atoms with Gasteiger partial charge in [-0.05, 0) is 55.8 Å². The van der Waals surface area contributed by atoms with Gasteiger partial charge in [0.05, 0.1) is 6.61 Å². The lowest BCUT2D eigenvalue weighted by atomic mass is 10.2. The molecule has 0 atom stereocenters. The van der Waals surface area contributed by atoms with Gasteiger partial charge in [-0.2, -0.15) is 0 Å². The van der Waals surface area contributed by atoms with E-state index < -0.39 is 0 Å². The first-order valence-corrected chi connectivity index (χ1v) is 6.40. The number of halogens is 1. The first kappa shape index (κ1) is 14.1. The smallest absolute Gasteiger partial charge is 0.255 e. The van der Waals surface area contributed by atoms with Gasteiger partial charge in [0.25, 0.3) is 5.91 Å². The van der Waals surface area contributed by atoms with Crippen LogP contribution in [0.1, 0.15) is 22.8 Å². The fraction of sp³-hybridized carbons (Fsp3) is 0.188. The molecule has 0 aliphatic heterocycles. The zero-order chi connectivity index (χ0) is 14.5. The van der Waals surface area contributed by atoms with E-state index in [9.17, 15) is 9.18 Å². The molecule has 0 bridgehead atoms. The third-order valence-corrected chi connectivity index (χ3v) is 2.86. The van der Waals surface area contributed by atoms with E-state index in [2.05, 4.69) is 5.32 Å². The van der Waals surface area contributed by atoms with Gasteiger partial charge in [-0.3, -0.25) is 4.79 Å². The Morgan fingerprint density at radius 1 is 1.20 bits per heavy atom. The number of rotatable bonds is 4. The van der Waals surface area contributed by atoms with Crippen molar-refractivity contribution in [2.75, 3.05) is 11.9 Å². The lowest BCUT2D eigenvalue weighted by Crippen LogP contribution is -2.12. The van der Waals surface area contributed by atoms with Gasteiger partial charge in [0.2, 0.25) is 0 Å². The van der Waals surface area contributed by atoms with E-state index in [1.54, 1.807) is 43.3 Å². The molecule has 0 spiro atoms. The van der Waals surface area contributed by atoms with Crippen LogP contribution in [0.2, 0.25) is 0 Å². The highest BCUT2D eigenvalue weighted by molar-refractivity contribution is 6.04. The summed E-state index contributed by atoms with van der Waals surface area (Å²) >= 11 is 0. The van der Waals surface area contributed by atoms with Gasteiger partial charge in [0.15, 0.2) is 0 Å². The van der Waals surface area contributed by atoms with Gasteiger partial charge in [-0.1, -0.05) is 6.07 Å². The molecule has 0 aliphatic rings. The molecule has 0 radical (unpaired) electrons. The first-order chi connectivity index (χ1) is 9.60. The van der Waals surface area contributed by atoms with E-state index in [4.69, 9.17) is 4.74 Å². The fourth-order valence-electron chi connectivity index (χ4n) is 1.74. The van der Waals surface area contributed by atoms with Crippen molar-refractivity contribution in [3.63, 3.8) is 0 Å². The van der Waals surface area contributed by atoms with Crippen LogP contribution >= 0.6 is 0 Å². The van der Waals surface area contributed by atoms with Crippen molar-refractivity contribution >= 4 is 11.6 Å². The molecule has 20 heavy (non-hydrogen) atoms. The number of carbonyl (C=O) groups excluding carboxylic acids is 1. The minimum absolute atomic E-state index is 0.281. The van der Waals surface area contributed by atoms with Crippen molar-refractivity contribution in [2.45, 2.75) is 13.8 Å². The maximum atomic E-state index is 13.4. The zero-order valence-electron chi connectivity index (χ0n) is 11.4. The summed E-state index contributed by atoms with van der Waals surface area (Å²) in [4.78, 5) is 12.0. The van der Waals surface area contributed by atoms with Crippen molar-refractivity contribution in [2.24, 2.45) is 0 Å². The standard InChI is InChI=1S/C16H16FNO2/c1-3-20-14-8-5-12(6-9-14)16(19)18-13-7-4-11(2)15(17)10-13/h4-10H,3H2,1-2H3,(H,18,19). The number of carbonyl (C=O) groups is 1. The van der Waals surface area contributed by atoms with Crippen molar-refractivity contribution in [3.05, 3.63) is 59.4 Å². The summed E-state index contributed by atoms with van der Waals surface area (Å²) in [6.07, 6.45) is 0. The molecule has 0 heterocycles. The van der Waals surface area contributed by atoms with Crippen molar-refractivity contribution < 1.29 is 13.9 Å². The summed E-state index contributed by atoms with van der Waals surface area (Å²) in [5, 5.41) is 2.66. The summed E-state index contributed by atoms with van der Waals surface area (Å²) < 4.78 is 18.7. The minimum atomic E-state index is -0.338. The van der Waals surface area contributed by atoms with Gasteiger partial charge >= 0.3 is 0 Å². The number of aryl methyl sites for hydroxylation is 1. The Morgan fingerprint density at radius 3 is 2.50 bits per heavy atom. The molecule has 2 aromatic carbocycles. The Balaban J connectivity index is 2.09. The van der Waals surface area contributed by atoms with Crippen LogP contribution < -0.4 is 10.1 Å². The molecule has 1 amide bonds. The van der Waals surface area contributed by atoms with Crippen molar-refractivity contribution in [3.8, 4) is 5.75 Å². The molecule has 2 rings (SSSR count). The van der Waals surface area contributed by atoms with Crippen LogP contribution in [0.25, 0.3) is 0 Å². The Bertz CT molecular complexity index is 608. The summed E-state index contributed by atoms with van der Waals surface area (Å²) in [6.45, 7) is 4.15. The van der Waals surface area contributed by atoms with Crippen LogP contribution in [0.4, 0.5) is 10.1 Å². The molecule has 0 aliphatic carbocycles. The molecule has 2 aromatic rings. The lowest BCUT2D eigenvalue weighted by Gasteiger charge is -2.07. The van der Waals surface area contributed by atoms with E-state index in [0.717, 1.165) is 0 Å². The Hall–Kier alpha value is -2.36. The predicted octanol–water partition coefficient (Wildman–Crippen LogP) is 3.79. The zero-order valence-corrected chi connectivity index (χ0v) is 11.4. The number of hydrogen-bond donors (Lipinski definition) is 1. The summed E-state index contributed by atoms with van der Waals surface area (Å²) in [5.41, 5.74) is 1.48. The van der Waals surface area contributed by atoms with Crippen LogP contribution in [-0.4, -0.2) is 12.5 Å². The molecule has 0 fully saturated rings. The van der Waals surface area contributed by atoms with Crippen LogP contribution in [0.3, 0.4) is 0 Å². The van der Waals surface area contributed by atoms with E-state index in [-0.39, 0.29) is 11.7 Å². The second-order valence-electron chi connectivity index (χ2n) is 4.38. The van der Waals surface area contributed by atoms with Crippen LogP contribution in [0.5, 0.6) is 5.75 Å². The molecule has 0 saturated heterocycles. The second-order valence-corrected chi connectivity index (χ2v) is 4.38. The molecule has 0 saturated carbocycles. The van der Waals surface area contributed by atoms with E-state index in [1.165, 1.54) is 6.07 Å². The Labute approximate surface area is 117 Å². The van der Waals surface area contributed by atoms with E-state index in [1.807, 2.05) is 6.92 Å². The van der Waals surface area contributed by atoms with Crippen molar-refractivity contribution in [1.29, 1.82) is 0 Å². The topological polar surface area (TPSA) is 38.3 Å². The quantitative estimate of drug-likeness (QED) is 0.920. The number of ether oxygens (including phenoxy) is 1. The second kappa shape index (κ2) is 6.19. The fourth-order valence-corrected chi connectivity index (χ4v) is 1.74. The van der Waals surface area contributed by atoms with Crippen molar-refractivity contribution in [1.82, 2.24) is 0 Å². The summed E-state index contributed by atoms with van der Waals surface area (Å²) in [6, 6.07) is 11.4. The minimum Gasteiger partial charge on any atom is -0.494 e. The molecular weight excluding hydrogens is 257 g/mol. The number of benzene rings is 2. The maximum Gasteiger partial charge on any atom is 0.255 e. The predicted molar refractivity (Wildman–Crippen MR) is 76.7 cm³/mol. The highest BCUT2D eigenvalue weighted by Crippen LogP contribution is 2.16. The van der Waals surface area contributed by atoms with Gasteiger partial charge in [0.1, 0.15) is 11.6 Å². The average Bonchev–Trinajstić information content (AvgIpc) is 2.44.